The first kappa shape index (κ1) is 26.7. The maximum atomic E-state index is 12.8. The van der Waals surface area contributed by atoms with Gasteiger partial charge in [0.25, 0.3) is 0 Å². The Morgan fingerprint density at radius 1 is 1.14 bits per heavy atom. The fourth-order valence-electron chi connectivity index (χ4n) is 4.73. The summed E-state index contributed by atoms with van der Waals surface area (Å²) in [7, 11) is 0. The quantitative estimate of drug-likeness (QED) is 0.369. The molecule has 1 fully saturated rings. The van der Waals surface area contributed by atoms with Crippen LogP contribution in [0.5, 0.6) is 0 Å². The highest BCUT2D eigenvalue weighted by atomic mass is 35.5. The number of carbonyl (C=O) groups is 2. The highest BCUT2D eigenvalue weighted by Crippen LogP contribution is 2.46. The van der Waals surface area contributed by atoms with Gasteiger partial charge in [-0.25, -0.2) is 4.90 Å². The third-order valence-corrected chi connectivity index (χ3v) is 6.93. The van der Waals surface area contributed by atoms with Crippen LogP contribution in [0.2, 0.25) is 5.02 Å². The summed E-state index contributed by atoms with van der Waals surface area (Å²) in [6.07, 6.45) is -2.08. The van der Waals surface area contributed by atoms with E-state index in [1.54, 1.807) is 43.0 Å². The second-order valence-electron chi connectivity index (χ2n) is 9.12. The molecule has 0 saturated carbocycles. The van der Waals surface area contributed by atoms with Crippen molar-refractivity contribution in [2.45, 2.75) is 51.7 Å². The molecule has 0 aliphatic carbocycles. The van der Waals surface area contributed by atoms with Gasteiger partial charge in [-0.05, 0) is 61.7 Å². The molecule has 2 aromatic rings. The molecule has 4 rings (SSSR count). The fourth-order valence-corrected chi connectivity index (χ4v) is 4.91. The molecular weight excluding hydrogens is 470 g/mol. The molecule has 188 valence electrons. The van der Waals surface area contributed by atoms with E-state index in [4.69, 9.17) is 11.6 Å². The van der Waals surface area contributed by atoms with Crippen LogP contribution in [-0.2, 0) is 20.5 Å². The number of nitrogens with one attached hydrogen (secondary N) is 1. The number of fused-ring (bicyclic) bond motifs is 1. The summed E-state index contributed by atoms with van der Waals surface area (Å²) >= 11 is 6.37. The van der Waals surface area contributed by atoms with Crippen molar-refractivity contribution in [3.05, 3.63) is 70.8 Å². The van der Waals surface area contributed by atoms with Crippen molar-refractivity contribution in [2.24, 2.45) is 0 Å². The van der Waals surface area contributed by atoms with Gasteiger partial charge < -0.3 is 25.5 Å². The Hall–Kier alpha value is -2.91. The number of nitrogens with zero attached hydrogens (tertiary/aromatic N) is 2. The number of anilines is 2. The molecule has 1 saturated heterocycles. The zero-order valence-electron chi connectivity index (χ0n) is 20.6. The standard InChI is InChI=1S/C24H26ClN3O5.C2H6/c1-5-20(29)27-12-23(13-27,16-7-6-8-18(25)14(16)2)26-15-9-10-17-19(11-15)28(24(31,32)33)21(30)22(17,3)4;1-2/h5-11,26,31-33H,1,12-13H2,2-4H3;1-2H3. The van der Waals surface area contributed by atoms with Crippen LogP contribution in [0.3, 0.4) is 0 Å². The topological polar surface area (TPSA) is 113 Å². The van der Waals surface area contributed by atoms with Crippen LogP contribution < -0.4 is 10.2 Å². The van der Waals surface area contributed by atoms with E-state index in [9.17, 15) is 24.9 Å². The Morgan fingerprint density at radius 3 is 2.34 bits per heavy atom. The van der Waals surface area contributed by atoms with Crippen LogP contribution in [0.1, 0.15) is 44.4 Å². The molecule has 2 aliphatic heterocycles. The first-order valence-corrected chi connectivity index (χ1v) is 11.8. The average molecular weight is 502 g/mol. The largest absolute Gasteiger partial charge is 0.376 e. The van der Waals surface area contributed by atoms with E-state index in [1.165, 1.54) is 6.08 Å². The predicted octanol–water partition coefficient (Wildman–Crippen LogP) is 3.22. The van der Waals surface area contributed by atoms with E-state index in [-0.39, 0.29) is 11.6 Å². The number of benzene rings is 2. The third-order valence-electron chi connectivity index (χ3n) is 6.52. The van der Waals surface area contributed by atoms with Gasteiger partial charge in [-0.15, -0.1) is 0 Å². The number of hydrogen-bond donors (Lipinski definition) is 4. The lowest BCUT2D eigenvalue weighted by Crippen LogP contribution is -2.65. The van der Waals surface area contributed by atoms with Crippen molar-refractivity contribution >= 4 is 34.8 Å². The van der Waals surface area contributed by atoms with Gasteiger partial charge in [0.2, 0.25) is 11.8 Å². The summed E-state index contributed by atoms with van der Waals surface area (Å²) < 4.78 is 0. The number of carbonyl (C=O) groups excluding carboxylic acids is 2. The van der Waals surface area contributed by atoms with E-state index < -0.39 is 23.0 Å². The number of amides is 2. The average Bonchev–Trinajstić information content (AvgIpc) is 2.98. The zero-order valence-corrected chi connectivity index (χ0v) is 21.3. The lowest BCUT2D eigenvalue weighted by molar-refractivity contribution is -0.306. The second kappa shape index (κ2) is 9.28. The summed E-state index contributed by atoms with van der Waals surface area (Å²) in [4.78, 5) is 27.2. The first-order valence-electron chi connectivity index (χ1n) is 11.4. The van der Waals surface area contributed by atoms with Crippen molar-refractivity contribution < 1.29 is 24.9 Å². The van der Waals surface area contributed by atoms with Crippen LogP contribution in [0.25, 0.3) is 0 Å². The molecule has 35 heavy (non-hydrogen) atoms. The predicted molar refractivity (Wildman–Crippen MR) is 136 cm³/mol. The molecule has 0 bridgehead atoms. The van der Waals surface area contributed by atoms with E-state index >= 15 is 0 Å². The van der Waals surface area contributed by atoms with Crippen molar-refractivity contribution in [1.82, 2.24) is 4.90 Å². The molecule has 8 nitrogen and oxygen atoms in total. The maximum Gasteiger partial charge on any atom is 0.376 e. The molecule has 2 amide bonds. The van der Waals surface area contributed by atoms with E-state index in [0.29, 0.717) is 34.3 Å². The minimum Gasteiger partial charge on any atom is -0.372 e. The molecule has 0 unspecified atom stereocenters. The molecule has 0 atom stereocenters. The molecule has 2 aliphatic rings. The van der Waals surface area contributed by atoms with Gasteiger partial charge >= 0.3 is 6.10 Å². The van der Waals surface area contributed by atoms with Gasteiger partial charge in [-0.2, -0.15) is 0 Å². The number of hydrogen-bond acceptors (Lipinski definition) is 6. The minimum atomic E-state index is -3.34. The van der Waals surface area contributed by atoms with Crippen molar-refractivity contribution in [3.8, 4) is 0 Å². The normalized spacial score (nSPS) is 17.7. The smallest absolute Gasteiger partial charge is 0.372 e. The van der Waals surface area contributed by atoms with Gasteiger partial charge in [0.05, 0.1) is 29.7 Å². The van der Waals surface area contributed by atoms with Crippen LogP contribution in [0, 0.1) is 6.92 Å². The highest BCUT2D eigenvalue weighted by Gasteiger charge is 2.52. The number of halogens is 1. The Balaban J connectivity index is 0.00000167. The van der Waals surface area contributed by atoms with Gasteiger partial charge in [0.1, 0.15) is 0 Å². The van der Waals surface area contributed by atoms with Gasteiger partial charge in [-0.1, -0.05) is 50.2 Å². The summed E-state index contributed by atoms with van der Waals surface area (Å²) in [5, 5.41) is 33.6. The first-order chi connectivity index (χ1) is 16.3. The van der Waals surface area contributed by atoms with Crippen molar-refractivity contribution in [3.63, 3.8) is 0 Å². The molecule has 0 spiro atoms. The lowest BCUT2D eigenvalue weighted by Gasteiger charge is -2.51. The van der Waals surface area contributed by atoms with E-state index in [0.717, 1.165) is 11.1 Å². The maximum absolute atomic E-state index is 12.8. The third kappa shape index (κ3) is 4.43. The van der Waals surface area contributed by atoms with E-state index in [1.807, 2.05) is 32.9 Å². The van der Waals surface area contributed by atoms with Crippen molar-refractivity contribution in [1.29, 1.82) is 0 Å². The molecule has 2 aromatic carbocycles. The number of likely N-dealkylation sites (tertiary alicyclic amines) is 1. The molecule has 0 radical (unpaired) electrons. The van der Waals surface area contributed by atoms with Gasteiger partial charge in [0.15, 0.2) is 0 Å². The molecule has 9 heteroatoms. The highest BCUT2D eigenvalue weighted by molar-refractivity contribution is 6.31. The fraction of sp³-hybridized carbons (Fsp3) is 0.385. The lowest BCUT2D eigenvalue weighted by atomic mass is 9.79. The second-order valence-corrected chi connectivity index (χ2v) is 9.52. The van der Waals surface area contributed by atoms with Crippen LogP contribution in [-0.4, -0.2) is 51.2 Å². The number of aliphatic hydroxyl groups is 3. The van der Waals surface area contributed by atoms with Crippen LogP contribution in [0.4, 0.5) is 11.4 Å². The van der Waals surface area contributed by atoms with Gasteiger partial charge in [0, 0.05) is 10.7 Å². The molecule has 0 aromatic heterocycles. The van der Waals surface area contributed by atoms with Crippen LogP contribution in [0.15, 0.2) is 49.1 Å². The Morgan fingerprint density at radius 2 is 1.77 bits per heavy atom. The monoisotopic (exact) mass is 501 g/mol. The minimum absolute atomic E-state index is 0.179. The Kier molecular flexibility index (Phi) is 7.07. The summed E-state index contributed by atoms with van der Waals surface area (Å²) in [5.41, 5.74) is 1.36. The Bertz CT molecular complexity index is 1170. The summed E-state index contributed by atoms with van der Waals surface area (Å²) in [5.74, 6) is -0.834. The van der Waals surface area contributed by atoms with Crippen molar-refractivity contribution in [2.75, 3.05) is 23.3 Å². The van der Waals surface area contributed by atoms with E-state index in [2.05, 4.69) is 11.9 Å². The molecule has 4 N–H and O–H groups in total. The zero-order chi connectivity index (χ0) is 26.3. The molecule has 2 heterocycles. The summed E-state index contributed by atoms with van der Waals surface area (Å²) in [6, 6.07) is 10.7. The number of rotatable bonds is 5. The SMILES string of the molecule is C=CC(=O)N1CC(Nc2ccc3c(c2)N(C(O)(O)O)C(=O)C3(C)C)(c2cccc(Cl)c2C)C1.CC. The Labute approximate surface area is 210 Å². The van der Waals surface area contributed by atoms with Crippen LogP contribution >= 0.6 is 11.6 Å². The van der Waals surface area contributed by atoms with Gasteiger partial charge in [-0.3, -0.25) is 9.59 Å². The molecular formula is C26H32ClN3O5. The summed E-state index contributed by atoms with van der Waals surface area (Å²) in [6.45, 7) is 13.5.